The molecule has 7 heteroatoms. The molecule has 0 aliphatic heterocycles. The fraction of sp³-hybridized carbons (Fsp3) is 0.182. The van der Waals surface area contributed by atoms with Crippen LogP contribution in [0, 0.1) is 3.57 Å². The van der Waals surface area contributed by atoms with Crippen LogP contribution in [0.15, 0.2) is 34.9 Å². The average Bonchev–Trinajstić information content (AvgIpc) is 2.78. The zero-order valence-corrected chi connectivity index (χ0v) is 12.4. The Labute approximate surface area is 118 Å². The van der Waals surface area contributed by atoms with Gasteiger partial charge in [-0.2, -0.15) is 8.42 Å². The van der Waals surface area contributed by atoms with Crippen LogP contribution in [0.25, 0.3) is 11.3 Å². The molecule has 0 radical (unpaired) electrons. The van der Waals surface area contributed by atoms with Crippen LogP contribution < -0.4 is 0 Å². The highest BCUT2D eigenvalue weighted by molar-refractivity contribution is 14.1. The normalized spacial score (nSPS) is 11.7. The van der Waals surface area contributed by atoms with Gasteiger partial charge in [-0.15, -0.1) is 0 Å². The lowest BCUT2D eigenvalue weighted by molar-refractivity contribution is 0.392. The van der Waals surface area contributed by atoms with Gasteiger partial charge in [0.1, 0.15) is 11.4 Å². The molecule has 18 heavy (non-hydrogen) atoms. The Hall–Kier alpha value is -0.930. The summed E-state index contributed by atoms with van der Waals surface area (Å²) < 4.78 is 33.1. The van der Waals surface area contributed by atoms with Crippen molar-refractivity contribution >= 4 is 32.7 Å². The fourth-order valence-electron chi connectivity index (χ4n) is 1.37. The van der Waals surface area contributed by atoms with E-state index in [-0.39, 0.29) is 5.75 Å². The Kier molecular flexibility index (Phi) is 4.03. The molecular formula is C11H10INO4S. The third-order valence-corrected chi connectivity index (χ3v) is 4.14. The summed E-state index contributed by atoms with van der Waals surface area (Å²) in [7, 11) is -2.45. The van der Waals surface area contributed by atoms with Crippen LogP contribution in [0.1, 0.15) is 5.69 Å². The van der Waals surface area contributed by atoms with Crippen molar-refractivity contribution in [2.75, 3.05) is 7.11 Å². The van der Waals surface area contributed by atoms with E-state index in [9.17, 15) is 8.42 Å². The minimum Gasteiger partial charge on any atom is -0.356 e. The van der Waals surface area contributed by atoms with Gasteiger partial charge in [0, 0.05) is 15.2 Å². The fourth-order valence-corrected chi connectivity index (χ4v) is 2.35. The smallest absolute Gasteiger partial charge is 0.272 e. The summed E-state index contributed by atoms with van der Waals surface area (Å²) in [5.41, 5.74) is 1.18. The Morgan fingerprint density at radius 2 is 2.00 bits per heavy atom. The van der Waals surface area contributed by atoms with Crippen molar-refractivity contribution in [3.8, 4) is 11.3 Å². The minimum absolute atomic E-state index is 0.294. The maximum absolute atomic E-state index is 11.3. The van der Waals surface area contributed by atoms with Gasteiger partial charge in [-0.05, 0) is 34.7 Å². The summed E-state index contributed by atoms with van der Waals surface area (Å²) in [5.74, 6) is 0.241. The second kappa shape index (κ2) is 5.37. The zero-order chi connectivity index (χ0) is 13.2. The number of benzene rings is 1. The summed E-state index contributed by atoms with van der Waals surface area (Å²) in [6, 6.07) is 9.24. The summed E-state index contributed by atoms with van der Waals surface area (Å²) >= 11 is 2.20. The molecule has 1 aromatic heterocycles. The van der Waals surface area contributed by atoms with E-state index < -0.39 is 10.1 Å². The third-order valence-electron chi connectivity index (χ3n) is 2.27. The van der Waals surface area contributed by atoms with Gasteiger partial charge >= 0.3 is 0 Å². The molecule has 0 N–H and O–H groups in total. The highest BCUT2D eigenvalue weighted by Gasteiger charge is 2.15. The van der Waals surface area contributed by atoms with E-state index in [0.29, 0.717) is 11.5 Å². The van der Waals surface area contributed by atoms with Crippen molar-refractivity contribution < 1.29 is 17.1 Å². The number of halogens is 1. The van der Waals surface area contributed by atoms with Crippen molar-refractivity contribution in [3.63, 3.8) is 0 Å². The lowest BCUT2D eigenvalue weighted by Gasteiger charge is -1.95. The van der Waals surface area contributed by atoms with Gasteiger partial charge in [0.2, 0.25) is 0 Å². The highest BCUT2D eigenvalue weighted by atomic mass is 127. The van der Waals surface area contributed by atoms with Gasteiger partial charge in [0.25, 0.3) is 10.1 Å². The Bertz CT molecular complexity index is 633. The van der Waals surface area contributed by atoms with Crippen LogP contribution >= 0.6 is 22.6 Å². The molecule has 2 rings (SSSR count). The van der Waals surface area contributed by atoms with E-state index in [4.69, 9.17) is 4.52 Å². The van der Waals surface area contributed by atoms with Crippen LogP contribution in [-0.4, -0.2) is 20.7 Å². The monoisotopic (exact) mass is 379 g/mol. The molecule has 0 bridgehead atoms. The standard InChI is InChI=1S/C11H10INO4S/c1-16-18(14,15)7-10-6-11(17-13-10)8-2-4-9(12)5-3-8/h2-6H,7H2,1H3. The second-order valence-corrected chi connectivity index (χ2v) is 6.54. The van der Waals surface area contributed by atoms with Crippen LogP contribution in [0.4, 0.5) is 0 Å². The van der Waals surface area contributed by atoms with Crippen LogP contribution in [0.2, 0.25) is 0 Å². The van der Waals surface area contributed by atoms with Crippen molar-refractivity contribution in [2.45, 2.75) is 5.75 Å². The predicted molar refractivity (Wildman–Crippen MR) is 74.3 cm³/mol. The highest BCUT2D eigenvalue weighted by Crippen LogP contribution is 2.22. The molecule has 96 valence electrons. The van der Waals surface area contributed by atoms with Crippen molar-refractivity contribution in [3.05, 3.63) is 39.6 Å². The third kappa shape index (κ3) is 3.30. The van der Waals surface area contributed by atoms with Gasteiger partial charge < -0.3 is 4.52 Å². The largest absolute Gasteiger partial charge is 0.356 e. The Morgan fingerprint density at radius 3 is 2.61 bits per heavy atom. The molecule has 5 nitrogen and oxygen atoms in total. The molecular weight excluding hydrogens is 369 g/mol. The van der Waals surface area contributed by atoms with E-state index in [1.807, 2.05) is 24.3 Å². The first-order valence-electron chi connectivity index (χ1n) is 5.00. The van der Waals surface area contributed by atoms with Crippen LogP contribution in [0.5, 0.6) is 0 Å². The first-order valence-corrected chi connectivity index (χ1v) is 7.65. The molecule has 1 aromatic carbocycles. The molecule has 0 saturated carbocycles. The van der Waals surface area contributed by atoms with Gasteiger partial charge in [-0.3, -0.25) is 4.18 Å². The quantitative estimate of drug-likeness (QED) is 0.603. The lowest BCUT2D eigenvalue weighted by Crippen LogP contribution is -2.05. The number of rotatable bonds is 4. The molecule has 0 fully saturated rings. The lowest BCUT2D eigenvalue weighted by atomic mass is 10.2. The van der Waals surface area contributed by atoms with E-state index in [1.54, 1.807) is 6.07 Å². The first kappa shape index (κ1) is 13.5. The van der Waals surface area contributed by atoms with Gasteiger partial charge in [-0.1, -0.05) is 17.3 Å². The van der Waals surface area contributed by atoms with Crippen molar-refractivity contribution in [1.82, 2.24) is 5.16 Å². The summed E-state index contributed by atoms with van der Waals surface area (Å²) in [5, 5.41) is 3.71. The van der Waals surface area contributed by atoms with E-state index in [2.05, 4.69) is 31.9 Å². The molecule has 0 unspecified atom stereocenters. The van der Waals surface area contributed by atoms with Gasteiger partial charge in [-0.25, -0.2) is 0 Å². The predicted octanol–water partition coefficient (Wildman–Crippen LogP) is 2.42. The number of hydrogen-bond acceptors (Lipinski definition) is 5. The average molecular weight is 379 g/mol. The summed E-state index contributed by atoms with van der Waals surface area (Å²) in [4.78, 5) is 0. The molecule has 1 heterocycles. The SMILES string of the molecule is COS(=O)(=O)Cc1cc(-c2ccc(I)cc2)on1. The zero-order valence-electron chi connectivity index (χ0n) is 9.46. The molecule has 0 aliphatic rings. The minimum atomic E-state index is -3.57. The summed E-state index contributed by atoms with van der Waals surface area (Å²) in [6.45, 7) is 0. The van der Waals surface area contributed by atoms with E-state index in [0.717, 1.165) is 16.2 Å². The van der Waals surface area contributed by atoms with Gasteiger partial charge in [0.05, 0.1) is 7.11 Å². The Balaban J connectivity index is 2.23. The Morgan fingerprint density at radius 1 is 1.33 bits per heavy atom. The molecule has 2 aromatic rings. The van der Waals surface area contributed by atoms with Gasteiger partial charge in [0.15, 0.2) is 5.76 Å². The van der Waals surface area contributed by atoms with Crippen LogP contribution in [-0.2, 0) is 20.1 Å². The van der Waals surface area contributed by atoms with E-state index in [1.165, 1.54) is 0 Å². The number of nitrogens with zero attached hydrogens (tertiary/aromatic N) is 1. The van der Waals surface area contributed by atoms with Crippen LogP contribution in [0.3, 0.4) is 0 Å². The molecule has 0 atom stereocenters. The van der Waals surface area contributed by atoms with Crippen molar-refractivity contribution in [2.24, 2.45) is 0 Å². The molecule has 0 saturated heterocycles. The molecule has 0 aliphatic carbocycles. The molecule has 0 amide bonds. The molecule has 0 spiro atoms. The maximum Gasteiger partial charge on any atom is 0.272 e. The van der Waals surface area contributed by atoms with E-state index >= 15 is 0 Å². The van der Waals surface area contributed by atoms with Crippen molar-refractivity contribution in [1.29, 1.82) is 0 Å². The topological polar surface area (TPSA) is 69.4 Å². The summed E-state index contributed by atoms with van der Waals surface area (Å²) in [6.07, 6.45) is 0. The number of aromatic nitrogens is 1. The maximum atomic E-state index is 11.3. The second-order valence-electron chi connectivity index (χ2n) is 3.56. The first-order chi connectivity index (χ1) is 8.50. The number of hydrogen-bond donors (Lipinski definition) is 0.